The molecule has 3 rings (SSSR count). The van der Waals surface area contributed by atoms with Gasteiger partial charge in [0.25, 0.3) is 0 Å². The van der Waals surface area contributed by atoms with Crippen LogP contribution in [0.25, 0.3) is 0 Å². The number of amides is 10. The minimum Gasteiger partial charge on any atom is -0.481 e. The van der Waals surface area contributed by atoms with E-state index >= 15 is 0 Å². The third-order valence-electron chi connectivity index (χ3n) is 12.4. The predicted molar refractivity (Wildman–Crippen MR) is 269 cm³/mol. The van der Waals surface area contributed by atoms with Gasteiger partial charge in [0.2, 0.25) is 59.1 Å². The number of benzene rings is 2. The molecule has 1 saturated heterocycles. The summed E-state index contributed by atoms with van der Waals surface area (Å²) in [7, 11) is 0. The van der Waals surface area contributed by atoms with Crippen LogP contribution in [-0.4, -0.2) is 166 Å². The molecule has 1 heterocycles. The van der Waals surface area contributed by atoms with Crippen LogP contribution < -0.4 is 53.2 Å². The zero-order valence-electron chi connectivity index (χ0n) is 42.7. The van der Waals surface area contributed by atoms with Crippen molar-refractivity contribution in [3.05, 3.63) is 71.8 Å². The molecule has 1 aliphatic heterocycles. The number of rotatable bonds is 14. The van der Waals surface area contributed by atoms with E-state index in [1.165, 1.54) is 0 Å². The Hall–Kier alpha value is -8.00. The zero-order valence-corrected chi connectivity index (χ0v) is 42.7. The molecule has 26 heteroatoms. The summed E-state index contributed by atoms with van der Waals surface area (Å²) in [5, 5.41) is 63.7. The SMILES string of the molecule is CC[C@H](C)[C@@H]1NC(=O)[C@H](Cc2ccccc2)NC(=O)CCNC(=O)[C@H](CO)NC(=O)[C@H](CC(=O)O)NC(=O)[C@H]([C@@H](C)CC)NC(=O)[C@H](Cc2ccccc2)NC(=O)CCNC(=O)[C@H](CO)NC(=O)[C@H](CC(=O)O)NC1=O. The van der Waals surface area contributed by atoms with Crippen LogP contribution >= 0.6 is 0 Å². The molecule has 0 radical (unpaired) electrons. The second kappa shape index (κ2) is 31.7. The summed E-state index contributed by atoms with van der Waals surface area (Å²) in [5.74, 6) is -14.3. The molecule has 10 amide bonds. The van der Waals surface area contributed by atoms with Crippen LogP contribution in [0.4, 0.5) is 0 Å². The van der Waals surface area contributed by atoms with Gasteiger partial charge in [-0.25, -0.2) is 0 Å². The molecule has 0 aliphatic carbocycles. The van der Waals surface area contributed by atoms with Gasteiger partial charge in [0.15, 0.2) is 0 Å². The summed E-state index contributed by atoms with van der Waals surface area (Å²) in [6, 6.07) is 3.91. The van der Waals surface area contributed by atoms with Crippen LogP contribution in [0.15, 0.2) is 60.7 Å². The first-order valence-corrected chi connectivity index (χ1v) is 24.8. The number of carboxylic acid groups (broad SMARTS) is 2. The van der Waals surface area contributed by atoms with Gasteiger partial charge in [-0.15, -0.1) is 0 Å². The molecule has 1 aliphatic rings. The predicted octanol–water partition coefficient (Wildman–Crippen LogP) is -3.60. The van der Waals surface area contributed by atoms with Crippen molar-refractivity contribution in [1.82, 2.24) is 53.2 Å². The van der Waals surface area contributed by atoms with Gasteiger partial charge in [0.05, 0.1) is 26.1 Å². The topological polar surface area (TPSA) is 406 Å². The average Bonchev–Trinajstić information content (AvgIpc) is 3.38. The Balaban J connectivity index is 2.04. The molecule has 0 bridgehead atoms. The molecule has 416 valence electrons. The van der Waals surface area contributed by atoms with E-state index in [4.69, 9.17) is 0 Å². The maximum Gasteiger partial charge on any atom is 0.305 e. The van der Waals surface area contributed by atoms with Crippen LogP contribution in [0.1, 0.15) is 77.3 Å². The van der Waals surface area contributed by atoms with E-state index in [1.807, 2.05) is 0 Å². The van der Waals surface area contributed by atoms with Gasteiger partial charge in [-0.05, 0) is 23.0 Å². The van der Waals surface area contributed by atoms with E-state index in [-0.39, 0.29) is 25.7 Å². The second-order valence-electron chi connectivity index (χ2n) is 18.3. The van der Waals surface area contributed by atoms with Gasteiger partial charge in [-0.1, -0.05) is 101 Å². The fourth-order valence-electron chi connectivity index (χ4n) is 7.63. The monoisotopic (exact) mass is 1070 g/mol. The Kier molecular flexibility index (Phi) is 26.0. The van der Waals surface area contributed by atoms with Gasteiger partial charge in [0.1, 0.15) is 48.3 Å². The summed E-state index contributed by atoms with van der Waals surface area (Å²) in [6.07, 6.45) is -2.72. The first-order valence-electron chi connectivity index (χ1n) is 24.8. The van der Waals surface area contributed by atoms with E-state index in [9.17, 15) is 78.0 Å². The maximum absolute atomic E-state index is 14.0. The molecule has 2 aromatic rings. The summed E-state index contributed by atoms with van der Waals surface area (Å²) in [4.78, 5) is 160. The van der Waals surface area contributed by atoms with E-state index < -0.39 is 183 Å². The van der Waals surface area contributed by atoms with Crippen molar-refractivity contribution in [2.24, 2.45) is 11.8 Å². The lowest BCUT2D eigenvalue weighted by atomic mass is 9.96. The highest BCUT2D eigenvalue weighted by Gasteiger charge is 2.37. The minimum atomic E-state index is -1.87. The molecule has 0 unspecified atom stereocenters. The molecule has 14 N–H and O–H groups in total. The first kappa shape index (κ1) is 62.3. The molecular formula is C50H70N10O16. The second-order valence-corrected chi connectivity index (χ2v) is 18.3. The molecule has 26 nitrogen and oxygen atoms in total. The van der Waals surface area contributed by atoms with Crippen LogP contribution in [0.5, 0.6) is 0 Å². The van der Waals surface area contributed by atoms with Crippen molar-refractivity contribution in [2.45, 2.75) is 127 Å². The highest BCUT2D eigenvalue weighted by Crippen LogP contribution is 2.14. The number of nitrogens with one attached hydrogen (secondary N) is 10. The number of carbonyl (C=O) groups excluding carboxylic acids is 10. The Bertz CT molecular complexity index is 2200. The van der Waals surface area contributed by atoms with Crippen molar-refractivity contribution < 1.29 is 78.0 Å². The maximum atomic E-state index is 14.0. The lowest BCUT2D eigenvalue weighted by Crippen LogP contribution is -2.61. The number of carboxylic acids is 2. The fraction of sp³-hybridized carbons (Fsp3) is 0.520. The van der Waals surface area contributed by atoms with Gasteiger partial charge >= 0.3 is 11.9 Å². The molecule has 2 aromatic carbocycles. The number of hydrogen-bond acceptors (Lipinski definition) is 14. The van der Waals surface area contributed by atoms with Crippen molar-refractivity contribution in [3.63, 3.8) is 0 Å². The Morgan fingerprint density at radius 3 is 1.07 bits per heavy atom. The highest BCUT2D eigenvalue weighted by molar-refractivity contribution is 5.99. The Morgan fingerprint density at radius 1 is 0.447 bits per heavy atom. The number of aliphatic hydroxyl groups is 2. The average molecular weight is 1070 g/mol. The number of aliphatic carboxylic acids is 2. The van der Waals surface area contributed by atoms with Crippen molar-refractivity contribution in [3.8, 4) is 0 Å². The minimum absolute atomic E-state index is 0.120. The normalized spacial score (nSPS) is 24.8. The molecule has 0 saturated carbocycles. The number of aliphatic hydroxyl groups excluding tert-OH is 2. The highest BCUT2D eigenvalue weighted by atomic mass is 16.4. The molecule has 76 heavy (non-hydrogen) atoms. The number of carbonyl (C=O) groups is 12. The first-order chi connectivity index (χ1) is 36.1. The molecule has 0 aromatic heterocycles. The van der Waals surface area contributed by atoms with E-state index in [2.05, 4.69) is 53.2 Å². The smallest absolute Gasteiger partial charge is 0.305 e. The quantitative estimate of drug-likeness (QED) is 0.0869. The van der Waals surface area contributed by atoms with E-state index in [0.717, 1.165) is 0 Å². The van der Waals surface area contributed by atoms with Gasteiger partial charge in [-0.2, -0.15) is 0 Å². The third kappa shape index (κ3) is 20.7. The summed E-state index contributed by atoms with van der Waals surface area (Å²) in [6.45, 7) is 3.61. The third-order valence-corrected chi connectivity index (χ3v) is 12.4. The molecule has 1 fully saturated rings. The summed E-state index contributed by atoms with van der Waals surface area (Å²) < 4.78 is 0. The molecular weight excluding hydrogens is 997 g/mol. The standard InChI is InChI=1S/C50H70N10O16/c1-5-27(3)41-49(75)55-33(23-39(65)66)45(71)57-35(25-61)43(69)52-20-18-38(64)54-32(22-30-15-11-8-12-16-30)48(74)60-42(28(4)6-2)50(76)56-34(24-40(67)68)46(72)58-36(26-62)44(70)51-19-17-37(63)53-31(47(73)59-41)21-29-13-9-7-10-14-29/h7-16,27-28,31-36,41-42,61-62H,5-6,17-26H2,1-4H3,(H,51,70)(H,52,69)(H,53,63)(H,54,64)(H,55,75)(H,56,76)(H,57,71)(H,58,72)(H,59,73)(H,60,74)(H,65,66)(H,67,68)/t27-,28-,31-,32-,33-,34-,35-,36-,41-,42-/m0/s1. The van der Waals surface area contributed by atoms with Gasteiger partial charge < -0.3 is 73.6 Å². The lowest BCUT2D eigenvalue weighted by Gasteiger charge is -2.29. The van der Waals surface area contributed by atoms with Crippen LogP contribution in [0, 0.1) is 11.8 Å². The van der Waals surface area contributed by atoms with Crippen LogP contribution in [-0.2, 0) is 70.4 Å². The van der Waals surface area contributed by atoms with Gasteiger partial charge in [-0.3, -0.25) is 57.5 Å². The van der Waals surface area contributed by atoms with Crippen molar-refractivity contribution in [1.29, 1.82) is 0 Å². The van der Waals surface area contributed by atoms with Gasteiger partial charge in [0, 0.05) is 38.8 Å². The largest absolute Gasteiger partial charge is 0.481 e. The van der Waals surface area contributed by atoms with Crippen LogP contribution in [0.2, 0.25) is 0 Å². The van der Waals surface area contributed by atoms with Crippen molar-refractivity contribution in [2.75, 3.05) is 26.3 Å². The fourth-order valence-corrected chi connectivity index (χ4v) is 7.63. The number of hydrogen-bond donors (Lipinski definition) is 14. The Morgan fingerprint density at radius 2 is 0.763 bits per heavy atom. The van der Waals surface area contributed by atoms with E-state index in [1.54, 1.807) is 88.4 Å². The van der Waals surface area contributed by atoms with Crippen LogP contribution in [0.3, 0.4) is 0 Å². The summed E-state index contributed by atoms with van der Waals surface area (Å²) in [5.41, 5.74) is 1.14. The molecule has 0 spiro atoms. The van der Waals surface area contributed by atoms with E-state index in [0.29, 0.717) is 11.1 Å². The Labute approximate surface area is 438 Å². The summed E-state index contributed by atoms with van der Waals surface area (Å²) >= 11 is 0. The van der Waals surface area contributed by atoms with Crippen molar-refractivity contribution >= 4 is 71.0 Å². The molecule has 10 atom stereocenters. The zero-order chi connectivity index (χ0) is 56.5. The lowest BCUT2D eigenvalue weighted by molar-refractivity contribution is -0.142.